The van der Waals surface area contributed by atoms with Crippen LogP contribution in [0, 0.1) is 29.0 Å². The van der Waals surface area contributed by atoms with Gasteiger partial charge >= 0.3 is 0 Å². The Labute approximate surface area is 264 Å². The zero-order valence-corrected chi connectivity index (χ0v) is 27.7. The van der Waals surface area contributed by atoms with Crippen molar-refractivity contribution in [2.45, 2.75) is 129 Å². The van der Waals surface area contributed by atoms with Crippen LogP contribution in [-0.4, -0.2) is 70.8 Å². The summed E-state index contributed by atoms with van der Waals surface area (Å²) in [6.45, 7) is 12.5. The van der Waals surface area contributed by atoms with Crippen LogP contribution in [0.4, 0.5) is 4.39 Å². The van der Waals surface area contributed by atoms with E-state index in [-0.39, 0.29) is 41.0 Å². The van der Waals surface area contributed by atoms with E-state index >= 15 is 0 Å². The number of halogens is 1. The number of rotatable bonds is 8. The van der Waals surface area contributed by atoms with Gasteiger partial charge in [0.1, 0.15) is 11.9 Å². The molecule has 3 saturated heterocycles. The van der Waals surface area contributed by atoms with E-state index in [4.69, 9.17) is 0 Å². The second kappa shape index (κ2) is 13.5. The molecule has 1 aromatic rings. The fourth-order valence-corrected chi connectivity index (χ4v) is 8.74. The summed E-state index contributed by atoms with van der Waals surface area (Å²) in [4.78, 5) is 46.3. The van der Waals surface area contributed by atoms with Crippen molar-refractivity contribution in [1.82, 2.24) is 20.4 Å². The second-order valence-corrected chi connectivity index (χ2v) is 15.6. The lowest BCUT2D eigenvalue weighted by atomic mass is 9.63. The van der Waals surface area contributed by atoms with Crippen LogP contribution >= 0.6 is 0 Å². The van der Waals surface area contributed by atoms with E-state index in [9.17, 15) is 18.8 Å². The molecule has 244 valence electrons. The summed E-state index contributed by atoms with van der Waals surface area (Å²) < 4.78 is 13.7. The highest BCUT2D eigenvalue weighted by molar-refractivity contribution is 5.90. The third-order valence-corrected chi connectivity index (χ3v) is 11.1. The van der Waals surface area contributed by atoms with Crippen LogP contribution in [0.25, 0.3) is 0 Å². The molecule has 0 spiro atoms. The van der Waals surface area contributed by atoms with Crippen LogP contribution in [0.1, 0.15) is 104 Å². The maximum atomic E-state index is 14.2. The maximum Gasteiger partial charge on any atom is 0.245 e. The van der Waals surface area contributed by atoms with Gasteiger partial charge in [-0.3, -0.25) is 19.3 Å². The minimum atomic E-state index is -0.730. The van der Waals surface area contributed by atoms with Crippen LogP contribution in [0.15, 0.2) is 24.3 Å². The minimum Gasteiger partial charge on any atom is -0.351 e. The molecule has 3 aliphatic heterocycles. The molecule has 5 fully saturated rings. The molecule has 0 aromatic heterocycles. The van der Waals surface area contributed by atoms with Crippen molar-refractivity contribution in [3.63, 3.8) is 0 Å². The summed E-state index contributed by atoms with van der Waals surface area (Å²) in [5.74, 6) is 0.379. The highest BCUT2D eigenvalue weighted by atomic mass is 19.1. The van der Waals surface area contributed by atoms with Gasteiger partial charge in [0.25, 0.3) is 0 Å². The zero-order valence-electron chi connectivity index (χ0n) is 27.7. The standard InChI is InChI=1S/C36H55FN4O3/c1-24(2)41-23-26-13-16-31(41)29(21-26)32(42)38-30(22-25-11-14-28(37)15-12-25)33(43)40-19-17-36(18-20-40,27-9-7-6-8-10-27)34(44)39-35(3,4)5/h11-12,14-15,24,26-27,29-31H,6-10,13,16-23H2,1-5H3,(H,38,42)(H,39,44)/t26-,29+,30-,31?/m1/s1. The zero-order chi connectivity index (χ0) is 31.6. The smallest absolute Gasteiger partial charge is 0.245 e. The van der Waals surface area contributed by atoms with Gasteiger partial charge in [0.2, 0.25) is 17.7 Å². The Balaban J connectivity index is 1.33. The van der Waals surface area contributed by atoms with Gasteiger partial charge in [0, 0.05) is 43.7 Å². The highest BCUT2D eigenvalue weighted by Crippen LogP contribution is 2.46. The van der Waals surface area contributed by atoms with Gasteiger partial charge in [-0.25, -0.2) is 4.39 Å². The Morgan fingerprint density at radius 2 is 1.64 bits per heavy atom. The van der Waals surface area contributed by atoms with E-state index in [0.717, 1.165) is 57.1 Å². The molecule has 1 aromatic carbocycles. The lowest BCUT2D eigenvalue weighted by Gasteiger charge is -2.51. The molecular formula is C36H55FN4O3. The number of benzene rings is 1. The number of piperidine rings is 3. The summed E-state index contributed by atoms with van der Waals surface area (Å²) >= 11 is 0. The van der Waals surface area contributed by atoms with Crippen molar-refractivity contribution in [2.24, 2.45) is 23.2 Å². The van der Waals surface area contributed by atoms with Crippen LogP contribution in [0.3, 0.4) is 0 Å². The van der Waals surface area contributed by atoms with Gasteiger partial charge in [-0.05, 0) is 109 Å². The Kier molecular flexibility index (Phi) is 10.1. The fraction of sp³-hybridized carbons (Fsp3) is 0.750. The first kappa shape index (κ1) is 32.9. The number of hydrogen-bond acceptors (Lipinski definition) is 4. The van der Waals surface area contributed by atoms with Gasteiger partial charge in [0.15, 0.2) is 0 Å². The molecule has 44 heavy (non-hydrogen) atoms. The fourth-order valence-electron chi connectivity index (χ4n) is 8.74. The Hall–Kier alpha value is -2.48. The van der Waals surface area contributed by atoms with Crippen LogP contribution in [-0.2, 0) is 20.8 Å². The van der Waals surface area contributed by atoms with Gasteiger partial charge in [-0.2, -0.15) is 0 Å². The third kappa shape index (κ3) is 7.32. The first-order chi connectivity index (χ1) is 20.9. The number of likely N-dealkylation sites (tertiary alicyclic amines) is 1. The maximum absolute atomic E-state index is 14.2. The molecule has 0 radical (unpaired) electrons. The first-order valence-electron chi connectivity index (χ1n) is 17.3. The van der Waals surface area contributed by atoms with Crippen molar-refractivity contribution >= 4 is 17.7 Å². The van der Waals surface area contributed by atoms with E-state index in [1.54, 1.807) is 12.1 Å². The predicted octanol–water partition coefficient (Wildman–Crippen LogP) is 5.47. The molecule has 2 bridgehead atoms. The number of carbonyl (C=O) groups excluding carboxylic acids is 3. The number of nitrogens with one attached hydrogen (secondary N) is 2. The van der Waals surface area contributed by atoms with Gasteiger partial charge in [-0.1, -0.05) is 31.4 Å². The Bertz CT molecular complexity index is 1160. The summed E-state index contributed by atoms with van der Waals surface area (Å²) in [6, 6.07) is 6.07. The summed E-state index contributed by atoms with van der Waals surface area (Å²) in [5.41, 5.74) is 0.0269. The Morgan fingerprint density at radius 1 is 0.977 bits per heavy atom. The molecule has 1 unspecified atom stereocenters. The number of amides is 3. The molecule has 2 aliphatic carbocycles. The van der Waals surface area contributed by atoms with Crippen LogP contribution in [0.2, 0.25) is 0 Å². The topological polar surface area (TPSA) is 81.8 Å². The van der Waals surface area contributed by atoms with E-state index in [2.05, 4.69) is 29.4 Å². The summed E-state index contributed by atoms with van der Waals surface area (Å²) in [6.07, 6.45) is 10.3. The molecule has 4 atom stereocenters. The van der Waals surface area contributed by atoms with Gasteiger partial charge < -0.3 is 15.5 Å². The van der Waals surface area contributed by atoms with E-state index in [1.165, 1.54) is 18.6 Å². The molecule has 7 nitrogen and oxygen atoms in total. The molecule has 5 aliphatic rings. The molecular weight excluding hydrogens is 555 g/mol. The normalized spacial score (nSPS) is 26.8. The average molecular weight is 611 g/mol. The van der Waals surface area contributed by atoms with Crippen LogP contribution < -0.4 is 10.6 Å². The van der Waals surface area contributed by atoms with Crippen molar-refractivity contribution in [3.8, 4) is 0 Å². The first-order valence-corrected chi connectivity index (χ1v) is 17.3. The molecule has 2 N–H and O–H groups in total. The third-order valence-electron chi connectivity index (χ3n) is 11.1. The van der Waals surface area contributed by atoms with Crippen molar-refractivity contribution < 1.29 is 18.8 Å². The average Bonchev–Trinajstić information content (AvgIpc) is 3.01. The monoisotopic (exact) mass is 610 g/mol. The van der Waals surface area contributed by atoms with Crippen molar-refractivity contribution in [2.75, 3.05) is 19.6 Å². The number of fused-ring (bicyclic) bond motifs is 3. The largest absolute Gasteiger partial charge is 0.351 e. The van der Waals surface area contributed by atoms with E-state index < -0.39 is 11.5 Å². The van der Waals surface area contributed by atoms with E-state index in [0.29, 0.717) is 50.2 Å². The predicted molar refractivity (Wildman–Crippen MR) is 171 cm³/mol. The van der Waals surface area contributed by atoms with Crippen molar-refractivity contribution in [3.05, 3.63) is 35.6 Å². The molecule has 3 amide bonds. The molecule has 2 saturated carbocycles. The van der Waals surface area contributed by atoms with Crippen LogP contribution in [0.5, 0.6) is 0 Å². The lowest BCUT2D eigenvalue weighted by Crippen LogP contribution is -2.61. The number of carbonyl (C=O) groups is 3. The summed E-state index contributed by atoms with van der Waals surface area (Å²) in [5, 5.41) is 6.48. The SMILES string of the molecule is CC(C)N1C[C@@H]2CCC1[C@@H](C(=O)N[C@H](Cc1ccc(F)cc1)C(=O)N1CCC(C(=O)NC(C)(C)C)(C3CCCCC3)CC1)C2. The Morgan fingerprint density at radius 3 is 2.23 bits per heavy atom. The lowest BCUT2D eigenvalue weighted by molar-refractivity contribution is -0.148. The number of nitrogens with zero attached hydrogens (tertiary/aromatic N) is 2. The highest BCUT2D eigenvalue weighted by Gasteiger charge is 2.50. The molecule has 8 heteroatoms. The second-order valence-electron chi connectivity index (χ2n) is 15.6. The molecule has 3 heterocycles. The minimum absolute atomic E-state index is 0.0383. The van der Waals surface area contributed by atoms with E-state index in [1.807, 2.05) is 25.7 Å². The van der Waals surface area contributed by atoms with Gasteiger partial charge in [-0.15, -0.1) is 0 Å². The quantitative estimate of drug-likeness (QED) is 0.409. The number of hydrogen-bond donors (Lipinski definition) is 2. The summed E-state index contributed by atoms with van der Waals surface area (Å²) in [7, 11) is 0. The molecule has 6 rings (SSSR count). The van der Waals surface area contributed by atoms with Gasteiger partial charge in [0.05, 0.1) is 11.3 Å². The van der Waals surface area contributed by atoms with Crippen molar-refractivity contribution in [1.29, 1.82) is 0 Å².